The van der Waals surface area contributed by atoms with Crippen LogP contribution in [0.3, 0.4) is 0 Å². The smallest absolute Gasteiger partial charge is 0.168 e. The second kappa shape index (κ2) is 13.6. The molecule has 0 saturated carbocycles. The molecule has 0 aromatic heterocycles. The van der Waals surface area contributed by atoms with Gasteiger partial charge in [-0.05, 0) is 61.8 Å². The number of ether oxygens (including phenoxy) is 3. The SMILES string of the molecule is CCCCCC(CC)Oc1ccc2c(OC)c(OCCCCCCCl)ccc2c1. The first-order chi connectivity index (χ1) is 14.2. The minimum atomic E-state index is 0.280. The highest BCUT2D eigenvalue weighted by Gasteiger charge is 2.12. The second-order valence-corrected chi connectivity index (χ2v) is 7.95. The highest BCUT2D eigenvalue weighted by molar-refractivity contribution is 6.17. The quantitative estimate of drug-likeness (QED) is 0.217. The van der Waals surface area contributed by atoms with Crippen LogP contribution in [0.1, 0.15) is 71.6 Å². The van der Waals surface area contributed by atoms with Crippen molar-refractivity contribution in [3.8, 4) is 17.2 Å². The third-order valence-electron chi connectivity index (χ3n) is 5.28. The Morgan fingerprint density at radius 3 is 2.48 bits per heavy atom. The molecule has 0 heterocycles. The zero-order valence-electron chi connectivity index (χ0n) is 18.3. The predicted molar refractivity (Wildman–Crippen MR) is 124 cm³/mol. The summed E-state index contributed by atoms with van der Waals surface area (Å²) in [6.45, 7) is 5.12. The Balaban J connectivity index is 2.03. The highest BCUT2D eigenvalue weighted by atomic mass is 35.5. The number of rotatable bonds is 15. The molecular formula is C25H37ClO3. The van der Waals surface area contributed by atoms with Gasteiger partial charge in [0.2, 0.25) is 0 Å². The molecule has 1 unspecified atom stereocenters. The van der Waals surface area contributed by atoms with Crippen LogP contribution in [0.2, 0.25) is 0 Å². The summed E-state index contributed by atoms with van der Waals surface area (Å²) in [5.41, 5.74) is 0. The van der Waals surface area contributed by atoms with E-state index in [9.17, 15) is 0 Å². The Kier molecular flexibility index (Phi) is 11.1. The topological polar surface area (TPSA) is 27.7 Å². The van der Waals surface area contributed by atoms with Crippen LogP contribution in [0.4, 0.5) is 0 Å². The molecule has 0 aliphatic carbocycles. The predicted octanol–water partition coefficient (Wildman–Crippen LogP) is 7.76. The number of fused-ring (bicyclic) bond motifs is 1. The van der Waals surface area contributed by atoms with Gasteiger partial charge in [0.1, 0.15) is 5.75 Å². The average molecular weight is 421 g/mol. The molecule has 0 fully saturated rings. The lowest BCUT2D eigenvalue weighted by Gasteiger charge is -2.18. The van der Waals surface area contributed by atoms with E-state index in [4.69, 9.17) is 25.8 Å². The summed E-state index contributed by atoms with van der Waals surface area (Å²) in [5.74, 6) is 3.26. The molecule has 1 atom stereocenters. The molecule has 0 aliphatic heterocycles. The van der Waals surface area contributed by atoms with E-state index in [2.05, 4.69) is 32.0 Å². The highest BCUT2D eigenvalue weighted by Crippen LogP contribution is 2.37. The van der Waals surface area contributed by atoms with Gasteiger partial charge in [0.05, 0.1) is 19.8 Å². The van der Waals surface area contributed by atoms with Gasteiger partial charge in [-0.1, -0.05) is 45.6 Å². The van der Waals surface area contributed by atoms with Crippen LogP contribution in [-0.4, -0.2) is 25.7 Å². The zero-order chi connectivity index (χ0) is 20.9. The van der Waals surface area contributed by atoms with Gasteiger partial charge in [0, 0.05) is 11.3 Å². The van der Waals surface area contributed by atoms with Crippen molar-refractivity contribution in [2.24, 2.45) is 0 Å². The first-order valence-corrected chi connectivity index (χ1v) is 11.7. The largest absolute Gasteiger partial charge is 0.492 e. The Morgan fingerprint density at radius 1 is 0.931 bits per heavy atom. The summed E-state index contributed by atoms with van der Waals surface area (Å²) in [5, 5.41) is 2.16. The Morgan fingerprint density at radius 2 is 1.76 bits per heavy atom. The lowest BCUT2D eigenvalue weighted by Crippen LogP contribution is -2.15. The normalized spacial score (nSPS) is 12.1. The molecule has 4 heteroatoms. The summed E-state index contributed by atoms with van der Waals surface area (Å²) in [6, 6.07) is 10.3. The van der Waals surface area contributed by atoms with Gasteiger partial charge < -0.3 is 14.2 Å². The molecule has 0 amide bonds. The van der Waals surface area contributed by atoms with Crippen molar-refractivity contribution in [3.05, 3.63) is 30.3 Å². The fraction of sp³-hybridized carbons (Fsp3) is 0.600. The molecule has 0 aliphatic rings. The van der Waals surface area contributed by atoms with Gasteiger partial charge >= 0.3 is 0 Å². The molecule has 162 valence electrons. The van der Waals surface area contributed by atoms with Gasteiger partial charge in [-0.15, -0.1) is 11.6 Å². The van der Waals surface area contributed by atoms with E-state index in [0.717, 1.165) is 72.4 Å². The van der Waals surface area contributed by atoms with Crippen molar-refractivity contribution in [1.29, 1.82) is 0 Å². The van der Waals surface area contributed by atoms with Gasteiger partial charge in [0.15, 0.2) is 11.5 Å². The molecular weight excluding hydrogens is 384 g/mol. The summed E-state index contributed by atoms with van der Waals surface area (Å²) in [6.07, 6.45) is 10.6. The molecule has 0 saturated heterocycles. The Bertz CT molecular complexity index is 717. The summed E-state index contributed by atoms with van der Waals surface area (Å²) in [7, 11) is 1.70. The molecule has 2 aromatic carbocycles. The van der Waals surface area contributed by atoms with Crippen LogP contribution in [-0.2, 0) is 0 Å². The van der Waals surface area contributed by atoms with Gasteiger partial charge in [-0.2, -0.15) is 0 Å². The maximum Gasteiger partial charge on any atom is 0.168 e. The second-order valence-electron chi connectivity index (χ2n) is 7.58. The first-order valence-electron chi connectivity index (χ1n) is 11.2. The third kappa shape index (κ3) is 7.62. The van der Waals surface area contributed by atoms with E-state index in [1.807, 2.05) is 12.1 Å². The fourth-order valence-corrected chi connectivity index (χ4v) is 3.74. The summed E-state index contributed by atoms with van der Waals surface area (Å²) >= 11 is 5.72. The van der Waals surface area contributed by atoms with E-state index in [1.165, 1.54) is 19.3 Å². The third-order valence-corrected chi connectivity index (χ3v) is 5.55. The zero-order valence-corrected chi connectivity index (χ0v) is 19.1. The van der Waals surface area contributed by atoms with Crippen molar-refractivity contribution in [2.45, 2.75) is 77.7 Å². The van der Waals surface area contributed by atoms with Crippen molar-refractivity contribution < 1.29 is 14.2 Å². The molecule has 2 rings (SSSR count). The van der Waals surface area contributed by atoms with Crippen LogP contribution >= 0.6 is 11.6 Å². The van der Waals surface area contributed by atoms with Crippen LogP contribution in [0, 0.1) is 0 Å². The van der Waals surface area contributed by atoms with Crippen LogP contribution in [0.5, 0.6) is 17.2 Å². The van der Waals surface area contributed by atoms with Gasteiger partial charge in [-0.25, -0.2) is 0 Å². The molecule has 2 aromatic rings. The maximum absolute atomic E-state index is 6.25. The van der Waals surface area contributed by atoms with E-state index in [-0.39, 0.29) is 6.10 Å². The van der Waals surface area contributed by atoms with Crippen molar-refractivity contribution in [1.82, 2.24) is 0 Å². The minimum Gasteiger partial charge on any atom is -0.492 e. The summed E-state index contributed by atoms with van der Waals surface area (Å²) in [4.78, 5) is 0. The van der Waals surface area contributed by atoms with E-state index >= 15 is 0 Å². The maximum atomic E-state index is 6.25. The van der Waals surface area contributed by atoms with Crippen LogP contribution in [0.25, 0.3) is 10.8 Å². The van der Waals surface area contributed by atoms with Crippen molar-refractivity contribution in [3.63, 3.8) is 0 Å². The van der Waals surface area contributed by atoms with E-state index in [0.29, 0.717) is 6.61 Å². The Labute approximate surface area is 181 Å². The lowest BCUT2D eigenvalue weighted by atomic mass is 10.1. The van der Waals surface area contributed by atoms with Crippen molar-refractivity contribution >= 4 is 22.4 Å². The van der Waals surface area contributed by atoms with E-state index in [1.54, 1.807) is 7.11 Å². The number of benzene rings is 2. The number of hydrogen-bond acceptors (Lipinski definition) is 3. The molecule has 29 heavy (non-hydrogen) atoms. The molecule has 0 radical (unpaired) electrons. The first kappa shape index (κ1) is 23.7. The fourth-order valence-electron chi connectivity index (χ4n) is 3.55. The standard InChI is InChI=1S/C25H37ClO3/c1-4-6-9-12-21(5-2)29-22-14-15-23-20(19-22)13-16-24(25(23)27-3)28-18-11-8-7-10-17-26/h13-16,19,21H,4-12,17-18H2,1-3H3. The number of hydrogen-bond donors (Lipinski definition) is 0. The van der Waals surface area contributed by atoms with Gasteiger partial charge in [-0.3, -0.25) is 0 Å². The minimum absolute atomic E-state index is 0.280. The molecule has 0 N–H and O–H groups in total. The van der Waals surface area contributed by atoms with Crippen LogP contribution < -0.4 is 14.2 Å². The lowest BCUT2D eigenvalue weighted by molar-refractivity contribution is 0.183. The summed E-state index contributed by atoms with van der Waals surface area (Å²) < 4.78 is 17.9. The van der Waals surface area contributed by atoms with Crippen LogP contribution in [0.15, 0.2) is 30.3 Å². The van der Waals surface area contributed by atoms with Crippen molar-refractivity contribution in [2.75, 3.05) is 19.6 Å². The Hall–Kier alpha value is -1.61. The number of halogens is 1. The monoisotopic (exact) mass is 420 g/mol. The van der Waals surface area contributed by atoms with E-state index < -0.39 is 0 Å². The molecule has 0 spiro atoms. The number of methoxy groups -OCH3 is 1. The number of unbranched alkanes of at least 4 members (excludes halogenated alkanes) is 5. The number of alkyl halides is 1. The van der Waals surface area contributed by atoms with Gasteiger partial charge in [0.25, 0.3) is 0 Å². The molecule has 3 nitrogen and oxygen atoms in total. The average Bonchev–Trinajstić information content (AvgIpc) is 2.75. The molecule has 0 bridgehead atoms.